The second-order valence-electron chi connectivity index (χ2n) is 13.3. The first kappa shape index (κ1) is 34.6. The fourth-order valence-corrected chi connectivity index (χ4v) is 6.74. The molecule has 0 N–H and O–H groups in total. The van der Waals surface area contributed by atoms with E-state index in [9.17, 15) is 0 Å². The molecule has 0 amide bonds. The molecule has 0 aliphatic heterocycles. The maximum atomic E-state index is 6.00. The molecule has 2 atom stereocenters. The summed E-state index contributed by atoms with van der Waals surface area (Å²) in [4.78, 5) is 5.52. The standard InChI is InChI=1S/C37H49N3.Fe.N2/c1-22(2)28-15-11-16-29(23(3)4)36(28)38-32-19-9-13-26-21-27-14-10-20-33(35(27)40-34(26)32)39-37-30(24(5)6)17-12-18-31(37)25(7)8;;1-2/h11-12,15-18,21-25,32-33H,9-10,13-14,19-20H2,1-8H3;;/q-2;+2;. The second kappa shape index (κ2) is 15.2. The minimum Gasteiger partial charge on any atom is -0.676 e. The summed E-state index contributed by atoms with van der Waals surface area (Å²) in [5.74, 6) is 1.76. The maximum Gasteiger partial charge on any atom is 2.00 e. The van der Waals surface area contributed by atoms with Gasteiger partial charge in [0.1, 0.15) is 0 Å². The van der Waals surface area contributed by atoms with Crippen LogP contribution in [0.15, 0.2) is 42.5 Å². The Balaban J connectivity index is 0.00000165. The summed E-state index contributed by atoms with van der Waals surface area (Å²) in [7, 11) is 0. The Morgan fingerprint density at radius 2 is 0.930 bits per heavy atom. The number of aryl methyl sites for hydroxylation is 2. The Morgan fingerprint density at radius 3 is 1.23 bits per heavy atom. The Kier molecular flexibility index (Phi) is 12.3. The molecule has 1 heterocycles. The van der Waals surface area contributed by atoms with Crippen LogP contribution in [0, 0.1) is 10.8 Å². The molecule has 2 aliphatic carbocycles. The van der Waals surface area contributed by atoms with E-state index < -0.39 is 0 Å². The molecule has 5 nitrogen and oxygen atoms in total. The van der Waals surface area contributed by atoms with E-state index in [-0.39, 0.29) is 29.2 Å². The fraction of sp³-hybridized carbons (Fsp3) is 0.541. The molecular weight excluding hydrogens is 570 g/mol. The molecule has 3 aromatic rings. The van der Waals surface area contributed by atoms with E-state index in [0.29, 0.717) is 23.7 Å². The molecule has 1 aromatic heterocycles. The van der Waals surface area contributed by atoms with E-state index in [1.165, 1.54) is 69.0 Å². The van der Waals surface area contributed by atoms with Crippen LogP contribution in [-0.2, 0) is 29.9 Å². The van der Waals surface area contributed by atoms with Gasteiger partial charge in [0.25, 0.3) is 0 Å². The number of fused-ring (bicyclic) bond motifs is 2. The van der Waals surface area contributed by atoms with Crippen molar-refractivity contribution < 1.29 is 17.1 Å². The van der Waals surface area contributed by atoms with Crippen LogP contribution in [0.3, 0.4) is 0 Å². The van der Waals surface area contributed by atoms with Crippen molar-refractivity contribution in [3.05, 3.63) is 97.9 Å². The summed E-state index contributed by atoms with van der Waals surface area (Å²) >= 11 is 0. The predicted octanol–water partition coefficient (Wildman–Crippen LogP) is 11.8. The second-order valence-corrected chi connectivity index (χ2v) is 13.3. The van der Waals surface area contributed by atoms with Crippen LogP contribution in [0.4, 0.5) is 11.4 Å². The topological polar surface area (TPSA) is 88.7 Å². The van der Waals surface area contributed by atoms with Crippen LogP contribution < -0.4 is 0 Å². The Bertz CT molecular complexity index is 1240. The molecule has 2 aliphatic rings. The number of para-hydroxylation sites is 2. The Hall–Kier alpha value is -2.87. The van der Waals surface area contributed by atoms with Crippen molar-refractivity contribution in [3.63, 3.8) is 0 Å². The van der Waals surface area contributed by atoms with Crippen LogP contribution in [0.1, 0.15) is 162 Å². The summed E-state index contributed by atoms with van der Waals surface area (Å²) in [5, 5.41) is 23.1. The van der Waals surface area contributed by atoms with Gasteiger partial charge in [-0.25, -0.2) is 0 Å². The van der Waals surface area contributed by atoms with Gasteiger partial charge in [0.05, 0.1) is 0 Å². The third-order valence-electron chi connectivity index (χ3n) is 8.98. The van der Waals surface area contributed by atoms with Crippen molar-refractivity contribution in [2.75, 3.05) is 0 Å². The Labute approximate surface area is 271 Å². The van der Waals surface area contributed by atoms with Gasteiger partial charge in [0, 0.05) is 22.2 Å². The normalized spacial score (nSPS) is 17.5. The van der Waals surface area contributed by atoms with Gasteiger partial charge in [-0.05, 0) is 60.5 Å². The molecule has 0 radical (unpaired) electrons. The van der Waals surface area contributed by atoms with Crippen molar-refractivity contribution in [2.24, 2.45) is 0 Å². The molecule has 43 heavy (non-hydrogen) atoms. The smallest absolute Gasteiger partial charge is 0.676 e. The number of nitrogens with zero attached hydrogens (tertiary/aromatic N) is 5. The van der Waals surface area contributed by atoms with Gasteiger partial charge >= 0.3 is 17.1 Å². The summed E-state index contributed by atoms with van der Waals surface area (Å²) in [6.45, 7) is 18.3. The molecule has 230 valence electrons. The molecule has 0 saturated heterocycles. The third kappa shape index (κ3) is 7.44. The van der Waals surface area contributed by atoms with Gasteiger partial charge in [-0.15, -0.1) is 11.4 Å². The summed E-state index contributed by atoms with van der Waals surface area (Å²) < 4.78 is 0. The molecule has 0 saturated carbocycles. The third-order valence-corrected chi connectivity index (χ3v) is 8.98. The minimum absolute atomic E-state index is 0. The van der Waals surface area contributed by atoms with Gasteiger partial charge < -0.3 is 10.6 Å². The van der Waals surface area contributed by atoms with Crippen LogP contribution in [-0.4, -0.2) is 4.98 Å². The Morgan fingerprint density at radius 1 is 0.605 bits per heavy atom. The van der Waals surface area contributed by atoms with Gasteiger partial charge in [-0.3, -0.25) is 4.98 Å². The van der Waals surface area contributed by atoms with E-state index in [2.05, 4.69) is 97.9 Å². The summed E-state index contributed by atoms with van der Waals surface area (Å²) in [5.41, 5.74) is 13.1. The molecule has 5 rings (SSSR count). The van der Waals surface area contributed by atoms with Crippen molar-refractivity contribution in [1.82, 2.24) is 4.98 Å². The van der Waals surface area contributed by atoms with E-state index in [1.807, 2.05) is 0 Å². The number of rotatable bonds is 8. The van der Waals surface area contributed by atoms with E-state index >= 15 is 0 Å². The number of hydrogen-bond acceptors (Lipinski definition) is 3. The van der Waals surface area contributed by atoms with Crippen LogP contribution in [0.5, 0.6) is 0 Å². The first-order valence-electron chi connectivity index (χ1n) is 16.1. The van der Waals surface area contributed by atoms with Crippen molar-refractivity contribution >= 4 is 11.4 Å². The number of benzene rings is 2. The van der Waals surface area contributed by atoms with Gasteiger partial charge in [-0.1, -0.05) is 145 Å². The van der Waals surface area contributed by atoms with Crippen molar-refractivity contribution in [2.45, 2.75) is 130 Å². The quantitative estimate of drug-likeness (QED) is 0.186. The summed E-state index contributed by atoms with van der Waals surface area (Å²) in [6, 6.07) is 16.2. The first-order chi connectivity index (χ1) is 20.2. The minimum atomic E-state index is 0. The molecule has 0 spiro atoms. The largest absolute Gasteiger partial charge is 2.00 e. The van der Waals surface area contributed by atoms with E-state index in [4.69, 9.17) is 26.4 Å². The monoisotopic (exact) mass is 619 g/mol. The SMILES string of the molecule is CC(C)c1cccc(C(C)C)c1[N-]C1CCCc2cc3c(nc21)C([N-]c1c(C(C)C)cccc1C(C)C)CCC3.N#N.[Fe+2]. The zero-order valence-corrected chi connectivity index (χ0v) is 28.4. The zero-order chi connectivity index (χ0) is 30.6. The van der Waals surface area contributed by atoms with E-state index in [1.54, 1.807) is 0 Å². The predicted molar refractivity (Wildman–Crippen MR) is 174 cm³/mol. The number of hydrogen-bond donors (Lipinski definition) is 0. The van der Waals surface area contributed by atoms with Crippen LogP contribution in [0.2, 0.25) is 0 Å². The van der Waals surface area contributed by atoms with Crippen LogP contribution in [0.25, 0.3) is 10.6 Å². The average Bonchev–Trinajstić information content (AvgIpc) is 2.97. The number of pyridine rings is 1. The zero-order valence-electron chi connectivity index (χ0n) is 27.3. The summed E-state index contributed by atoms with van der Waals surface area (Å²) in [6.07, 6.45) is 6.71. The molecule has 2 aromatic carbocycles. The van der Waals surface area contributed by atoms with Crippen molar-refractivity contribution in [3.8, 4) is 0 Å². The van der Waals surface area contributed by atoms with Gasteiger partial charge in [0.15, 0.2) is 0 Å². The molecule has 2 unspecified atom stereocenters. The molecular formula is C37H49FeN5. The molecule has 0 bridgehead atoms. The maximum absolute atomic E-state index is 6.00. The van der Waals surface area contributed by atoms with E-state index in [0.717, 1.165) is 25.7 Å². The van der Waals surface area contributed by atoms with Crippen molar-refractivity contribution in [1.29, 1.82) is 10.8 Å². The average molecular weight is 620 g/mol. The molecule has 0 fully saturated rings. The van der Waals surface area contributed by atoms with Gasteiger partial charge in [-0.2, -0.15) is 0 Å². The first-order valence-corrected chi connectivity index (χ1v) is 16.1. The van der Waals surface area contributed by atoms with Crippen LogP contribution >= 0.6 is 0 Å². The molecule has 6 heteroatoms. The van der Waals surface area contributed by atoms with Gasteiger partial charge in [0.2, 0.25) is 0 Å². The number of aromatic nitrogens is 1. The fourth-order valence-electron chi connectivity index (χ4n) is 6.74.